The lowest BCUT2D eigenvalue weighted by Gasteiger charge is -2.01. The third-order valence-electron chi connectivity index (χ3n) is 3.29. The van der Waals surface area contributed by atoms with Gasteiger partial charge >= 0.3 is 0 Å². The van der Waals surface area contributed by atoms with Crippen LogP contribution < -0.4 is 5.32 Å². The molecule has 8 nitrogen and oxygen atoms in total. The highest BCUT2D eigenvalue weighted by molar-refractivity contribution is 6.02. The van der Waals surface area contributed by atoms with Crippen LogP contribution in [0, 0.1) is 0 Å². The Bertz CT molecular complexity index is 960. The van der Waals surface area contributed by atoms with E-state index in [0.717, 1.165) is 11.3 Å². The number of H-pyrrole nitrogens is 1. The van der Waals surface area contributed by atoms with Crippen molar-refractivity contribution in [3.05, 3.63) is 60.7 Å². The Balaban J connectivity index is 1.64. The van der Waals surface area contributed by atoms with Crippen molar-refractivity contribution in [1.82, 2.24) is 29.8 Å². The molecule has 1 aromatic carbocycles. The number of aromatic nitrogens is 6. The van der Waals surface area contributed by atoms with Crippen LogP contribution in [0.5, 0.6) is 0 Å². The Morgan fingerprint density at radius 3 is 2.78 bits per heavy atom. The Hall–Kier alpha value is -3.55. The Morgan fingerprint density at radius 2 is 2.00 bits per heavy atom. The second-order valence-electron chi connectivity index (χ2n) is 4.82. The van der Waals surface area contributed by atoms with Crippen LogP contribution in [-0.4, -0.2) is 35.7 Å². The summed E-state index contributed by atoms with van der Waals surface area (Å²) < 4.78 is 1.80. The molecule has 0 aliphatic carbocycles. The molecule has 3 aromatic heterocycles. The van der Waals surface area contributed by atoms with Crippen LogP contribution in [0.4, 0.5) is 5.82 Å². The number of carbonyl (C=O) groups is 1. The number of aromatic amines is 1. The number of imidazole rings is 1. The summed E-state index contributed by atoms with van der Waals surface area (Å²) in [5.74, 6) is 0.517. The molecular formula is C15H11N7O. The Morgan fingerprint density at radius 1 is 1.13 bits per heavy atom. The minimum atomic E-state index is -0.384. The van der Waals surface area contributed by atoms with Gasteiger partial charge in [0.25, 0.3) is 5.91 Å². The molecule has 0 saturated carbocycles. The molecule has 0 aliphatic rings. The maximum Gasteiger partial charge on any atom is 0.278 e. The molecule has 0 fully saturated rings. The van der Waals surface area contributed by atoms with Crippen LogP contribution in [0.3, 0.4) is 0 Å². The van der Waals surface area contributed by atoms with Crippen LogP contribution in [0.15, 0.2) is 55.0 Å². The average Bonchev–Trinajstić information content (AvgIpc) is 3.25. The smallest absolute Gasteiger partial charge is 0.278 e. The highest BCUT2D eigenvalue weighted by Crippen LogP contribution is 2.18. The van der Waals surface area contributed by atoms with Crippen molar-refractivity contribution in [1.29, 1.82) is 0 Å². The third-order valence-corrected chi connectivity index (χ3v) is 3.29. The van der Waals surface area contributed by atoms with Crippen molar-refractivity contribution in [2.75, 3.05) is 5.32 Å². The van der Waals surface area contributed by atoms with E-state index in [1.54, 1.807) is 16.7 Å². The SMILES string of the molecule is O=C(Nc1ccn2cc(-c3ccccc3)nc2n1)c1cn[nH]n1. The summed E-state index contributed by atoms with van der Waals surface area (Å²) in [5.41, 5.74) is 2.02. The second kappa shape index (κ2) is 5.34. The van der Waals surface area contributed by atoms with Gasteiger partial charge in [-0.3, -0.25) is 9.20 Å². The number of hydrogen-bond acceptors (Lipinski definition) is 5. The summed E-state index contributed by atoms with van der Waals surface area (Å²) in [6.07, 6.45) is 5.03. The fourth-order valence-electron chi connectivity index (χ4n) is 2.18. The van der Waals surface area contributed by atoms with Gasteiger partial charge in [0.05, 0.1) is 11.9 Å². The van der Waals surface area contributed by atoms with Crippen molar-refractivity contribution in [2.24, 2.45) is 0 Å². The van der Waals surface area contributed by atoms with E-state index < -0.39 is 0 Å². The summed E-state index contributed by atoms with van der Waals surface area (Å²) in [7, 11) is 0. The van der Waals surface area contributed by atoms with Crippen LogP contribution in [-0.2, 0) is 0 Å². The van der Waals surface area contributed by atoms with Gasteiger partial charge in [-0.25, -0.2) is 4.98 Å². The van der Waals surface area contributed by atoms with E-state index in [0.29, 0.717) is 11.6 Å². The van der Waals surface area contributed by atoms with Crippen molar-refractivity contribution in [2.45, 2.75) is 0 Å². The van der Waals surface area contributed by atoms with Crippen LogP contribution in [0.2, 0.25) is 0 Å². The van der Waals surface area contributed by atoms with E-state index in [-0.39, 0.29) is 11.6 Å². The quantitative estimate of drug-likeness (QED) is 0.600. The number of rotatable bonds is 3. The Kier molecular flexibility index (Phi) is 3.05. The van der Waals surface area contributed by atoms with Gasteiger partial charge in [0.15, 0.2) is 5.69 Å². The van der Waals surface area contributed by atoms with Gasteiger partial charge in [-0.1, -0.05) is 30.3 Å². The summed E-state index contributed by atoms with van der Waals surface area (Å²) in [5, 5.41) is 12.4. The average molecular weight is 305 g/mol. The molecule has 0 saturated heterocycles. The lowest BCUT2D eigenvalue weighted by atomic mass is 10.2. The van der Waals surface area contributed by atoms with Crippen molar-refractivity contribution >= 4 is 17.5 Å². The first kappa shape index (κ1) is 13.1. The lowest BCUT2D eigenvalue weighted by Crippen LogP contribution is -2.13. The van der Waals surface area contributed by atoms with Gasteiger partial charge in [-0.2, -0.15) is 20.4 Å². The summed E-state index contributed by atoms with van der Waals surface area (Å²) in [6, 6.07) is 11.5. The number of hydrogen-bond donors (Lipinski definition) is 2. The molecule has 0 atom stereocenters. The molecule has 8 heteroatoms. The predicted molar refractivity (Wildman–Crippen MR) is 82.8 cm³/mol. The van der Waals surface area contributed by atoms with Crippen LogP contribution in [0.1, 0.15) is 10.5 Å². The van der Waals surface area contributed by atoms with Crippen molar-refractivity contribution in [3.8, 4) is 11.3 Å². The van der Waals surface area contributed by atoms with E-state index in [9.17, 15) is 4.79 Å². The minimum Gasteiger partial charge on any atom is -0.305 e. The van der Waals surface area contributed by atoms with E-state index >= 15 is 0 Å². The first-order chi connectivity index (χ1) is 11.3. The largest absolute Gasteiger partial charge is 0.305 e. The third kappa shape index (κ3) is 2.53. The summed E-state index contributed by atoms with van der Waals surface area (Å²) in [4.78, 5) is 20.7. The monoisotopic (exact) mass is 305 g/mol. The van der Waals surface area contributed by atoms with Crippen molar-refractivity contribution < 1.29 is 4.79 Å². The van der Waals surface area contributed by atoms with Gasteiger partial charge in [0.2, 0.25) is 5.78 Å². The highest BCUT2D eigenvalue weighted by Gasteiger charge is 2.11. The zero-order valence-corrected chi connectivity index (χ0v) is 11.8. The molecule has 0 unspecified atom stereocenters. The zero-order chi connectivity index (χ0) is 15.6. The molecule has 4 rings (SSSR count). The molecule has 3 heterocycles. The number of benzene rings is 1. The number of carbonyl (C=O) groups excluding carboxylic acids is 1. The summed E-state index contributed by atoms with van der Waals surface area (Å²) >= 11 is 0. The van der Waals surface area contributed by atoms with Gasteiger partial charge in [0, 0.05) is 18.0 Å². The Labute approximate surface area is 130 Å². The first-order valence-electron chi connectivity index (χ1n) is 6.88. The first-order valence-corrected chi connectivity index (χ1v) is 6.88. The molecular weight excluding hydrogens is 294 g/mol. The molecule has 0 bridgehead atoms. The normalized spacial score (nSPS) is 10.8. The van der Waals surface area contributed by atoms with E-state index in [2.05, 4.69) is 30.7 Å². The minimum absolute atomic E-state index is 0.194. The molecule has 1 amide bonds. The van der Waals surface area contributed by atoms with E-state index in [1.807, 2.05) is 36.5 Å². The standard InChI is InChI=1S/C15H11N7O/c23-14(11-8-16-21-20-11)18-13-6-7-22-9-12(17-15(22)19-13)10-4-2-1-3-5-10/h1-9H,(H,16,20,21)(H,17,18,19,23). The van der Waals surface area contributed by atoms with Crippen LogP contribution >= 0.6 is 0 Å². The number of nitrogens with zero attached hydrogens (tertiary/aromatic N) is 5. The van der Waals surface area contributed by atoms with E-state index in [4.69, 9.17) is 0 Å². The fraction of sp³-hybridized carbons (Fsp3) is 0. The number of amides is 1. The molecule has 0 aliphatic heterocycles. The molecule has 23 heavy (non-hydrogen) atoms. The van der Waals surface area contributed by atoms with Crippen LogP contribution in [0.25, 0.3) is 17.0 Å². The number of anilines is 1. The maximum atomic E-state index is 11.9. The number of nitrogens with one attached hydrogen (secondary N) is 2. The molecule has 0 spiro atoms. The zero-order valence-electron chi connectivity index (χ0n) is 11.8. The topological polar surface area (TPSA) is 101 Å². The molecule has 4 aromatic rings. The maximum absolute atomic E-state index is 11.9. The van der Waals surface area contributed by atoms with Gasteiger partial charge < -0.3 is 5.32 Å². The van der Waals surface area contributed by atoms with Crippen molar-refractivity contribution in [3.63, 3.8) is 0 Å². The van der Waals surface area contributed by atoms with Gasteiger partial charge in [0.1, 0.15) is 5.82 Å². The lowest BCUT2D eigenvalue weighted by molar-refractivity contribution is 0.102. The predicted octanol–water partition coefficient (Wildman–Crippen LogP) is 1.77. The second-order valence-corrected chi connectivity index (χ2v) is 4.82. The van der Waals surface area contributed by atoms with E-state index in [1.165, 1.54) is 6.20 Å². The molecule has 112 valence electrons. The molecule has 2 N–H and O–H groups in total. The highest BCUT2D eigenvalue weighted by atomic mass is 16.2. The van der Waals surface area contributed by atoms with Gasteiger partial charge in [-0.05, 0) is 6.07 Å². The van der Waals surface area contributed by atoms with Gasteiger partial charge in [-0.15, -0.1) is 0 Å². The fourth-order valence-corrected chi connectivity index (χ4v) is 2.18. The number of fused-ring (bicyclic) bond motifs is 1. The summed E-state index contributed by atoms with van der Waals surface area (Å²) in [6.45, 7) is 0. The molecule has 0 radical (unpaired) electrons.